The normalized spacial score (nSPS) is 23.6. The maximum atomic E-state index is 6.31. The lowest BCUT2D eigenvalue weighted by molar-refractivity contribution is 0.0399. The highest BCUT2D eigenvalue weighted by atomic mass is 35.5. The van der Waals surface area contributed by atoms with E-state index in [9.17, 15) is 0 Å². The summed E-state index contributed by atoms with van der Waals surface area (Å²) in [5.41, 5.74) is 6.98. The fraction of sp³-hybridized carbons (Fsp3) is 0.400. The molecule has 1 saturated carbocycles. The van der Waals surface area contributed by atoms with Crippen LogP contribution in [-0.2, 0) is 10.3 Å². The van der Waals surface area contributed by atoms with Crippen LogP contribution in [0.1, 0.15) is 25.3 Å². The lowest BCUT2D eigenvalue weighted by Crippen LogP contribution is -2.34. The van der Waals surface area contributed by atoms with Gasteiger partial charge in [-0.15, -0.1) is 0 Å². The molecule has 0 radical (unpaired) electrons. The van der Waals surface area contributed by atoms with Crippen molar-refractivity contribution in [1.29, 1.82) is 0 Å². The molecule has 1 aromatic rings. The Morgan fingerprint density at radius 1 is 1.43 bits per heavy atom. The number of nitrogens with zero attached hydrogens (tertiary/aromatic N) is 2. The lowest BCUT2D eigenvalue weighted by atomic mass is 10.0. The zero-order valence-electron chi connectivity index (χ0n) is 11.7. The van der Waals surface area contributed by atoms with Crippen LogP contribution in [-0.4, -0.2) is 18.1 Å². The van der Waals surface area contributed by atoms with Crippen molar-refractivity contribution in [2.45, 2.75) is 31.0 Å². The van der Waals surface area contributed by atoms with Crippen molar-refractivity contribution < 1.29 is 4.74 Å². The van der Waals surface area contributed by atoms with Crippen LogP contribution in [0.25, 0.3) is 0 Å². The predicted octanol–water partition coefficient (Wildman–Crippen LogP) is 3.49. The number of amidine groups is 1. The number of alkyl halides is 1. The Bertz CT molecular complexity index is 611. The SMILES string of the molecule is CCOC1(c2ccccc2N2C=C(Cl)C(N)=NC2Cl)CC1. The van der Waals surface area contributed by atoms with Crippen molar-refractivity contribution >= 4 is 34.7 Å². The highest BCUT2D eigenvalue weighted by Gasteiger charge is 2.47. The first kappa shape index (κ1) is 14.7. The van der Waals surface area contributed by atoms with E-state index in [-0.39, 0.29) is 11.4 Å². The van der Waals surface area contributed by atoms with Gasteiger partial charge in [0.1, 0.15) is 5.84 Å². The van der Waals surface area contributed by atoms with Gasteiger partial charge in [0.15, 0.2) is 0 Å². The molecular formula is C15H17Cl2N3O. The molecule has 1 heterocycles. The highest BCUT2D eigenvalue weighted by molar-refractivity contribution is 6.43. The van der Waals surface area contributed by atoms with Crippen LogP contribution in [0, 0.1) is 0 Å². The molecular weight excluding hydrogens is 309 g/mol. The fourth-order valence-electron chi connectivity index (χ4n) is 2.64. The second-order valence-corrected chi connectivity index (χ2v) is 5.95. The molecule has 1 atom stereocenters. The summed E-state index contributed by atoms with van der Waals surface area (Å²) in [5, 5.41) is 0.392. The van der Waals surface area contributed by atoms with E-state index in [2.05, 4.69) is 11.1 Å². The molecule has 1 fully saturated rings. The summed E-state index contributed by atoms with van der Waals surface area (Å²) in [4.78, 5) is 5.98. The molecule has 1 aliphatic carbocycles. The number of ether oxygens (including phenoxy) is 1. The number of para-hydroxylation sites is 1. The quantitative estimate of drug-likeness (QED) is 0.681. The first-order chi connectivity index (χ1) is 10.1. The minimum absolute atomic E-state index is 0.199. The van der Waals surface area contributed by atoms with Gasteiger partial charge in [-0.2, -0.15) is 0 Å². The van der Waals surface area contributed by atoms with Crippen LogP contribution in [0.3, 0.4) is 0 Å². The average molecular weight is 326 g/mol. The van der Waals surface area contributed by atoms with Gasteiger partial charge in [-0.1, -0.05) is 41.4 Å². The summed E-state index contributed by atoms with van der Waals surface area (Å²) in [5.74, 6) is 0.261. The van der Waals surface area contributed by atoms with E-state index in [1.165, 1.54) is 0 Å². The van der Waals surface area contributed by atoms with E-state index in [1.54, 1.807) is 6.20 Å². The van der Waals surface area contributed by atoms with E-state index >= 15 is 0 Å². The number of rotatable bonds is 4. The third kappa shape index (κ3) is 2.63. The molecule has 0 amide bonds. The summed E-state index contributed by atoms with van der Waals surface area (Å²) >= 11 is 12.4. The van der Waals surface area contributed by atoms with Crippen molar-refractivity contribution in [2.24, 2.45) is 10.7 Å². The monoisotopic (exact) mass is 325 g/mol. The van der Waals surface area contributed by atoms with E-state index in [1.807, 2.05) is 30.0 Å². The molecule has 0 aromatic heterocycles. The third-order valence-corrected chi connectivity index (χ3v) is 4.37. The van der Waals surface area contributed by atoms with Crippen LogP contribution in [0.2, 0.25) is 0 Å². The second-order valence-electron chi connectivity index (χ2n) is 5.15. The zero-order valence-corrected chi connectivity index (χ0v) is 13.2. The molecule has 3 rings (SSSR count). The molecule has 112 valence electrons. The summed E-state index contributed by atoms with van der Waals surface area (Å²) in [7, 11) is 0. The topological polar surface area (TPSA) is 50.9 Å². The second kappa shape index (κ2) is 5.52. The van der Waals surface area contributed by atoms with Crippen molar-refractivity contribution in [3.05, 3.63) is 41.1 Å². The first-order valence-electron chi connectivity index (χ1n) is 6.94. The summed E-state index contributed by atoms with van der Waals surface area (Å²) in [6.45, 7) is 2.69. The molecule has 21 heavy (non-hydrogen) atoms. The highest BCUT2D eigenvalue weighted by Crippen LogP contribution is 2.52. The standard InChI is InChI=1S/C15H17Cl2N3O/c1-2-21-15(7-8-15)10-5-3-4-6-12(10)20-9-11(16)13(18)19-14(20)17/h3-6,9,14H,2,7-8H2,1H3,(H2,18,19). The van der Waals surface area contributed by atoms with Gasteiger partial charge in [-0.05, 0) is 25.8 Å². The smallest absolute Gasteiger partial charge is 0.203 e. The van der Waals surface area contributed by atoms with Crippen LogP contribution < -0.4 is 10.6 Å². The molecule has 1 aliphatic heterocycles. The largest absolute Gasteiger partial charge is 0.383 e. The molecule has 0 spiro atoms. The summed E-state index contributed by atoms with van der Waals surface area (Å²) in [6.07, 6.45) is 3.76. The van der Waals surface area contributed by atoms with Gasteiger partial charge < -0.3 is 15.4 Å². The van der Waals surface area contributed by atoms with E-state index in [4.69, 9.17) is 33.7 Å². The minimum Gasteiger partial charge on any atom is -0.383 e. The Morgan fingerprint density at radius 2 is 2.14 bits per heavy atom. The summed E-state index contributed by atoms with van der Waals surface area (Å²) < 4.78 is 5.96. The van der Waals surface area contributed by atoms with Crippen LogP contribution in [0.4, 0.5) is 5.69 Å². The Morgan fingerprint density at radius 3 is 2.81 bits per heavy atom. The number of aliphatic imine (C=N–C) groups is 1. The van der Waals surface area contributed by atoms with Gasteiger partial charge in [-0.25, -0.2) is 4.99 Å². The maximum Gasteiger partial charge on any atom is 0.203 e. The third-order valence-electron chi connectivity index (χ3n) is 3.77. The predicted molar refractivity (Wildman–Crippen MR) is 86.7 cm³/mol. The first-order valence-corrected chi connectivity index (χ1v) is 7.76. The van der Waals surface area contributed by atoms with Gasteiger partial charge in [0.05, 0.1) is 10.6 Å². The number of anilines is 1. The minimum atomic E-state index is -0.605. The van der Waals surface area contributed by atoms with E-state index in [0.29, 0.717) is 11.6 Å². The Kier molecular flexibility index (Phi) is 3.86. The number of benzene rings is 1. The Labute approximate surface area is 134 Å². The molecule has 2 aliphatic rings. The fourth-order valence-corrected chi connectivity index (χ4v) is 3.06. The van der Waals surface area contributed by atoms with Gasteiger partial charge >= 0.3 is 0 Å². The maximum absolute atomic E-state index is 6.31. The molecule has 1 aromatic carbocycles. The molecule has 2 N–H and O–H groups in total. The zero-order chi connectivity index (χ0) is 15.0. The van der Waals surface area contributed by atoms with Crippen LogP contribution in [0.5, 0.6) is 0 Å². The Balaban J connectivity index is 2.01. The molecule has 1 unspecified atom stereocenters. The lowest BCUT2D eigenvalue weighted by Gasteiger charge is -2.31. The number of hydrogen-bond donors (Lipinski definition) is 1. The molecule has 4 nitrogen and oxygen atoms in total. The van der Waals surface area contributed by atoms with E-state index < -0.39 is 5.62 Å². The van der Waals surface area contributed by atoms with Crippen molar-refractivity contribution in [2.75, 3.05) is 11.5 Å². The Hall–Kier alpha value is -1.23. The molecule has 0 bridgehead atoms. The van der Waals surface area contributed by atoms with Crippen LogP contribution in [0.15, 0.2) is 40.5 Å². The van der Waals surface area contributed by atoms with Crippen LogP contribution >= 0.6 is 23.2 Å². The average Bonchev–Trinajstić information content (AvgIpc) is 3.24. The van der Waals surface area contributed by atoms with Gasteiger partial charge in [-0.3, -0.25) is 0 Å². The molecule has 6 heteroatoms. The van der Waals surface area contributed by atoms with E-state index in [0.717, 1.165) is 24.1 Å². The van der Waals surface area contributed by atoms with Crippen molar-refractivity contribution in [3.63, 3.8) is 0 Å². The number of nitrogens with two attached hydrogens (primary N) is 1. The molecule has 0 saturated heterocycles. The number of hydrogen-bond acceptors (Lipinski definition) is 4. The number of halogens is 2. The summed E-state index contributed by atoms with van der Waals surface area (Å²) in [6, 6.07) is 8.05. The van der Waals surface area contributed by atoms with Crippen molar-refractivity contribution in [1.82, 2.24) is 0 Å². The van der Waals surface area contributed by atoms with Gasteiger partial charge in [0, 0.05) is 24.1 Å². The van der Waals surface area contributed by atoms with Gasteiger partial charge in [0.25, 0.3) is 0 Å². The van der Waals surface area contributed by atoms with Crippen molar-refractivity contribution in [3.8, 4) is 0 Å². The van der Waals surface area contributed by atoms with Gasteiger partial charge in [0.2, 0.25) is 5.62 Å².